The van der Waals surface area contributed by atoms with Crippen LogP contribution in [0.3, 0.4) is 0 Å². The molecule has 0 saturated carbocycles. The fraction of sp³-hybridized carbons (Fsp3) is 0.348. The number of nitrogens with zero attached hydrogens (tertiary/aromatic N) is 2. The van der Waals surface area contributed by atoms with Gasteiger partial charge in [0.25, 0.3) is 10.1 Å². The van der Waals surface area contributed by atoms with Crippen molar-refractivity contribution in [2.24, 2.45) is 7.05 Å². The van der Waals surface area contributed by atoms with E-state index in [4.69, 9.17) is 0 Å². The Morgan fingerprint density at radius 2 is 1.82 bits per heavy atom. The largest absolute Gasteiger partial charge is 0.329 e. The molecule has 2 N–H and O–H groups in total. The monoisotopic (exact) mass is 471 g/mol. The van der Waals surface area contributed by atoms with Crippen LogP contribution in [0, 0.1) is 6.92 Å². The third kappa shape index (κ3) is 4.36. The Balaban J connectivity index is 1.65. The second kappa shape index (κ2) is 8.60. The average molecular weight is 472 g/mol. The molecule has 1 atom stereocenters. The Morgan fingerprint density at radius 1 is 1.09 bits per heavy atom. The van der Waals surface area contributed by atoms with Crippen LogP contribution in [0.2, 0.25) is 0 Å². The summed E-state index contributed by atoms with van der Waals surface area (Å²) in [7, 11) is -2.67. The van der Waals surface area contributed by atoms with E-state index < -0.39 is 22.1 Å². The highest BCUT2D eigenvalue weighted by molar-refractivity contribution is 7.85. The summed E-state index contributed by atoms with van der Waals surface area (Å²) in [6, 6.07) is 9.54. The summed E-state index contributed by atoms with van der Waals surface area (Å²) in [6.07, 6.45) is 2.01. The molecule has 33 heavy (non-hydrogen) atoms. The van der Waals surface area contributed by atoms with Gasteiger partial charge >= 0.3 is 5.69 Å². The van der Waals surface area contributed by atoms with Gasteiger partial charge in [-0.3, -0.25) is 28.6 Å². The molecule has 2 heterocycles. The van der Waals surface area contributed by atoms with E-state index in [2.05, 4.69) is 5.32 Å². The van der Waals surface area contributed by atoms with Crippen LogP contribution in [0.25, 0.3) is 11.0 Å². The predicted molar refractivity (Wildman–Crippen MR) is 122 cm³/mol. The zero-order chi connectivity index (χ0) is 23.9. The summed E-state index contributed by atoms with van der Waals surface area (Å²) in [5, 5.41) is 2.30. The number of imidazole rings is 1. The molecule has 0 aliphatic carbocycles. The highest BCUT2D eigenvalue weighted by Crippen LogP contribution is 2.26. The minimum Gasteiger partial charge on any atom is -0.295 e. The van der Waals surface area contributed by atoms with Gasteiger partial charge in [0.15, 0.2) is 0 Å². The Hall–Kier alpha value is -3.24. The van der Waals surface area contributed by atoms with E-state index in [1.165, 1.54) is 15.2 Å². The Kier molecular flexibility index (Phi) is 5.98. The van der Waals surface area contributed by atoms with Crippen molar-refractivity contribution in [1.82, 2.24) is 14.5 Å². The highest BCUT2D eigenvalue weighted by Gasteiger charge is 2.31. The fourth-order valence-corrected chi connectivity index (χ4v) is 5.31. The second-order valence-electron chi connectivity index (χ2n) is 8.40. The average Bonchev–Trinajstić information content (AvgIpc) is 2.99. The molecule has 174 valence electrons. The van der Waals surface area contributed by atoms with Crippen LogP contribution in [0.15, 0.2) is 46.1 Å². The van der Waals surface area contributed by atoms with Crippen LogP contribution in [0.4, 0.5) is 0 Å². The standard InChI is InChI=1S/C23H25N3O6S/c1-14-9-11-19(33(30,31)32)16(13-14)7-3-5-15-6-4-8-17-21(15)25(2)23(29)26(17)18-10-12-20(27)24-22(18)28/h4,6,8-9,11,13,18H,3,5,7,10,12H2,1-2H3,(H,24,27,28)(H,30,31,32). The van der Waals surface area contributed by atoms with Crippen LogP contribution < -0.4 is 11.0 Å². The van der Waals surface area contributed by atoms with Crippen LogP contribution in [-0.2, 0) is 39.6 Å². The lowest BCUT2D eigenvalue weighted by molar-refractivity contribution is -0.135. The number of nitrogens with one attached hydrogen (secondary N) is 1. The molecule has 4 rings (SSSR count). The number of aryl methyl sites for hydroxylation is 4. The van der Waals surface area contributed by atoms with Crippen molar-refractivity contribution in [1.29, 1.82) is 0 Å². The first-order valence-corrected chi connectivity index (χ1v) is 12.1. The van der Waals surface area contributed by atoms with Crippen molar-refractivity contribution < 1.29 is 22.6 Å². The number of imide groups is 1. The van der Waals surface area contributed by atoms with Crippen LogP contribution >= 0.6 is 0 Å². The normalized spacial score (nSPS) is 16.9. The fourth-order valence-electron chi connectivity index (χ4n) is 4.58. The van der Waals surface area contributed by atoms with E-state index in [-0.39, 0.29) is 29.3 Å². The summed E-state index contributed by atoms with van der Waals surface area (Å²) < 4.78 is 35.9. The first-order chi connectivity index (χ1) is 15.6. The van der Waals surface area contributed by atoms with Crippen LogP contribution in [0.1, 0.15) is 42.0 Å². The molecule has 1 saturated heterocycles. The summed E-state index contributed by atoms with van der Waals surface area (Å²) in [4.78, 5) is 36.8. The molecule has 0 radical (unpaired) electrons. The van der Waals surface area contributed by atoms with Crippen molar-refractivity contribution in [2.45, 2.75) is 50.0 Å². The van der Waals surface area contributed by atoms with Gasteiger partial charge in [0.05, 0.1) is 15.9 Å². The van der Waals surface area contributed by atoms with E-state index in [9.17, 15) is 27.4 Å². The molecule has 1 aromatic heterocycles. The summed E-state index contributed by atoms with van der Waals surface area (Å²) in [5.41, 5.74) is 3.30. The van der Waals surface area contributed by atoms with E-state index in [1.54, 1.807) is 25.2 Å². The first-order valence-electron chi connectivity index (χ1n) is 10.7. The van der Waals surface area contributed by atoms with Gasteiger partial charge in [-0.15, -0.1) is 0 Å². The Morgan fingerprint density at radius 3 is 2.52 bits per heavy atom. The van der Waals surface area contributed by atoms with Crippen molar-refractivity contribution in [2.75, 3.05) is 0 Å². The molecule has 1 aliphatic heterocycles. The van der Waals surface area contributed by atoms with E-state index in [0.29, 0.717) is 35.9 Å². The minimum absolute atomic E-state index is 0.0947. The zero-order valence-corrected chi connectivity index (χ0v) is 19.2. The molecule has 0 spiro atoms. The summed E-state index contributed by atoms with van der Waals surface area (Å²) in [6.45, 7) is 1.85. The van der Waals surface area contributed by atoms with Gasteiger partial charge in [0.1, 0.15) is 6.04 Å². The van der Waals surface area contributed by atoms with Crippen LogP contribution in [0.5, 0.6) is 0 Å². The molecule has 2 amide bonds. The molecule has 3 aromatic rings. The van der Waals surface area contributed by atoms with Gasteiger partial charge in [-0.25, -0.2) is 4.79 Å². The number of carbonyl (C=O) groups excluding carboxylic acids is 2. The van der Waals surface area contributed by atoms with E-state index in [0.717, 1.165) is 11.1 Å². The maximum absolute atomic E-state index is 13.0. The number of hydrogen-bond donors (Lipinski definition) is 2. The van der Waals surface area contributed by atoms with Gasteiger partial charge in [-0.1, -0.05) is 29.8 Å². The first kappa shape index (κ1) is 22.9. The van der Waals surface area contributed by atoms with Crippen molar-refractivity contribution >= 4 is 33.0 Å². The Labute approximate surface area is 190 Å². The lowest BCUT2D eigenvalue weighted by Gasteiger charge is -2.22. The van der Waals surface area contributed by atoms with Gasteiger partial charge in [0, 0.05) is 13.5 Å². The minimum atomic E-state index is -4.32. The molecule has 1 aliphatic rings. The topological polar surface area (TPSA) is 127 Å². The van der Waals surface area contributed by atoms with Crippen molar-refractivity contribution in [3.05, 3.63) is 63.6 Å². The van der Waals surface area contributed by atoms with Gasteiger partial charge in [0.2, 0.25) is 11.8 Å². The summed E-state index contributed by atoms with van der Waals surface area (Å²) in [5.74, 6) is -0.825. The molecule has 2 aromatic carbocycles. The molecular weight excluding hydrogens is 446 g/mol. The third-order valence-electron chi connectivity index (χ3n) is 6.09. The predicted octanol–water partition coefficient (Wildman–Crippen LogP) is 2.05. The molecule has 1 unspecified atom stereocenters. The summed E-state index contributed by atoms with van der Waals surface area (Å²) >= 11 is 0. The maximum atomic E-state index is 13.0. The molecular formula is C23H25N3O6S. The lowest BCUT2D eigenvalue weighted by Crippen LogP contribution is -2.44. The van der Waals surface area contributed by atoms with Gasteiger partial charge in [-0.2, -0.15) is 8.42 Å². The van der Waals surface area contributed by atoms with Gasteiger partial charge < -0.3 is 0 Å². The number of hydrogen-bond acceptors (Lipinski definition) is 5. The van der Waals surface area contributed by atoms with E-state index >= 15 is 0 Å². The number of carbonyl (C=O) groups is 2. The number of fused-ring (bicyclic) bond motifs is 1. The second-order valence-corrected chi connectivity index (χ2v) is 9.79. The van der Waals surface area contributed by atoms with Crippen LogP contribution in [-0.4, -0.2) is 33.9 Å². The molecule has 9 nitrogen and oxygen atoms in total. The van der Waals surface area contributed by atoms with Crippen molar-refractivity contribution in [3.63, 3.8) is 0 Å². The zero-order valence-electron chi connectivity index (χ0n) is 18.4. The number of aromatic nitrogens is 2. The SMILES string of the molecule is Cc1ccc(S(=O)(=O)O)c(CCCc2cccc3c2n(C)c(=O)n3C2CCC(=O)NC2=O)c1. The Bertz CT molecular complexity index is 1430. The number of piperidine rings is 1. The highest BCUT2D eigenvalue weighted by atomic mass is 32.2. The lowest BCUT2D eigenvalue weighted by atomic mass is 10.0. The molecule has 10 heteroatoms. The third-order valence-corrected chi connectivity index (χ3v) is 7.05. The molecule has 0 bridgehead atoms. The number of para-hydroxylation sites is 1. The quantitative estimate of drug-likeness (QED) is 0.418. The molecule has 1 fully saturated rings. The van der Waals surface area contributed by atoms with Crippen molar-refractivity contribution in [3.8, 4) is 0 Å². The number of benzene rings is 2. The van der Waals surface area contributed by atoms with Gasteiger partial charge in [-0.05, 0) is 55.9 Å². The number of rotatable bonds is 6. The maximum Gasteiger partial charge on any atom is 0.329 e. The van der Waals surface area contributed by atoms with E-state index in [1.807, 2.05) is 19.1 Å². The smallest absolute Gasteiger partial charge is 0.295 e. The number of amides is 2.